The van der Waals surface area contributed by atoms with Gasteiger partial charge in [0.1, 0.15) is 0 Å². The third kappa shape index (κ3) is 4.50. The molecular formula is C23H28N2. The van der Waals surface area contributed by atoms with E-state index < -0.39 is 0 Å². The Balaban J connectivity index is 1.53. The Labute approximate surface area is 152 Å². The van der Waals surface area contributed by atoms with E-state index in [1.165, 1.54) is 24.0 Å². The second-order valence-electron chi connectivity index (χ2n) is 7.37. The Kier molecular flexibility index (Phi) is 5.89. The average molecular weight is 332 g/mol. The lowest BCUT2D eigenvalue weighted by atomic mass is 9.74. The van der Waals surface area contributed by atoms with Crippen molar-refractivity contribution in [2.24, 2.45) is 5.92 Å². The van der Waals surface area contributed by atoms with Crippen LogP contribution in [0.15, 0.2) is 60.7 Å². The van der Waals surface area contributed by atoms with Crippen LogP contribution in [-0.2, 0) is 11.8 Å². The van der Waals surface area contributed by atoms with Crippen LogP contribution in [0.3, 0.4) is 0 Å². The minimum atomic E-state index is -0.276. The third-order valence-corrected chi connectivity index (χ3v) is 5.50. The van der Waals surface area contributed by atoms with Crippen molar-refractivity contribution in [2.45, 2.75) is 37.5 Å². The van der Waals surface area contributed by atoms with Crippen molar-refractivity contribution in [1.82, 2.24) is 4.90 Å². The number of nitriles is 1. The van der Waals surface area contributed by atoms with E-state index in [0.29, 0.717) is 5.92 Å². The Hall–Kier alpha value is -2.11. The highest BCUT2D eigenvalue weighted by Gasteiger charge is 2.46. The summed E-state index contributed by atoms with van der Waals surface area (Å²) in [5, 5.41) is 9.99. The molecule has 2 aromatic carbocycles. The molecule has 2 nitrogen and oxygen atoms in total. The second kappa shape index (κ2) is 8.32. The van der Waals surface area contributed by atoms with E-state index in [9.17, 15) is 5.26 Å². The first-order chi connectivity index (χ1) is 12.2. The van der Waals surface area contributed by atoms with Crippen molar-refractivity contribution in [3.05, 3.63) is 71.8 Å². The third-order valence-electron chi connectivity index (χ3n) is 5.50. The molecule has 2 heteroatoms. The number of likely N-dealkylation sites (N-methyl/N-ethyl adjacent to an activating group) is 1. The van der Waals surface area contributed by atoms with E-state index in [1.54, 1.807) is 0 Å². The Morgan fingerprint density at radius 1 is 1.00 bits per heavy atom. The Bertz CT molecular complexity index is 685. The molecule has 3 rings (SSSR count). The van der Waals surface area contributed by atoms with Gasteiger partial charge in [-0.25, -0.2) is 0 Å². The van der Waals surface area contributed by atoms with E-state index in [-0.39, 0.29) is 5.41 Å². The minimum Gasteiger partial charge on any atom is -0.306 e. The predicted octanol–water partition coefficient (Wildman–Crippen LogP) is 4.81. The normalized spacial score (nSPS) is 16.4. The summed E-state index contributed by atoms with van der Waals surface area (Å²) in [6, 6.07) is 23.8. The molecule has 0 radical (unpaired) electrons. The number of nitrogens with zero attached hydrogens (tertiary/aromatic N) is 2. The van der Waals surface area contributed by atoms with Crippen LogP contribution in [0.5, 0.6) is 0 Å². The van der Waals surface area contributed by atoms with Crippen molar-refractivity contribution >= 4 is 0 Å². The fourth-order valence-electron chi connectivity index (χ4n) is 3.81. The first kappa shape index (κ1) is 17.7. The van der Waals surface area contributed by atoms with Crippen LogP contribution >= 0.6 is 0 Å². The van der Waals surface area contributed by atoms with Crippen molar-refractivity contribution in [3.63, 3.8) is 0 Å². The summed E-state index contributed by atoms with van der Waals surface area (Å²) in [6.07, 6.45) is 5.53. The number of rotatable bonds is 9. The van der Waals surface area contributed by atoms with Gasteiger partial charge < -0.3 is 4.90 Å². The molecule has 1 saturated carbocycles. The highest BCUT2D eigenvalue weighted by atomic mass is 15.1. The summed E-state index contributed by atoms with van der Waals surface area (Å²) >= 11 is 0. The monoisotopic (exact) mass is 332 g/mol. The molecule has 25 heavy (non-hydrogen) atoms. The molecule has 0 aliphatic heterocycles. The van der Waals surface area contributed by atoms with Gasteiger partial charge in [0.25, 0.3) is 0 Å². The number of benzene rings is 2. The molecule has 130 valence electrons. The van der Waals surface area contributed by atoms with Crippen molar-refractivity contribution in [2.75, 3.05) is 20.1 Å². The largest absolute Gasteiger partial charge is 0.306 e. The lowest BCUT2D eigenvalue weighted by Crippen LogP contribution is -2.29. The van der Waals surface area contributed by atoms with Gasteiger partial charge in [0, 0.05) is 6.54 Å². The van der Waals surface area contributed by atoms with E-state index in [4.69, 9.17) is 0 Å². The smallest absolute Gasteiger partial charge is 0.0850 e. The molecule has 1 aliphatic rings. The summed E-state index contributed by atoms with van der Waals surface area (Å²) in [7, 11) is 2.19. The molecule has 0 bridgehead atoms. The van der Waals surface area contributed by atoms with Crippen LogP contribution in [0.4, 0.5) is 0 Å². The average Bonchev–Trinajstić information content (AvgIpc) is 3.51. The van der Waals surface area contributed by atoms with Crippen molar-refractivity contribution in [1.29, 1.82) is 5.26 Å². The van der Waals surface area contributed by atoms with Gasteiger partial charge in [-0.1, -0.05) is 60.7 Å². The zero-order valence-electron chi connectivity index (χ0n) is 15.2. The summed E-state index contributed by atoms with van der Waals surface area (Å²) in [5.74, 6) is 0.550. The molecule has 2 aromatic rings. The quantitative estimate of drug-likeness (QED) is 0.659. The molecule has 1 atom stereocenters. The Morgan fingerprint density at radius 2 is 1.64 bits per heavy atom. The van der Waals surface area contributed by atoms with Gasteiger partial charge in [0.05, 0.1) is 11.5 Å². The molecule has 0 spiro atoms. The number of hydrogen-bond donors (Lipinski definition) is 0. The Morgan fingerprint density at radius 3 is 2.24 bits per heavy atom. The molecule has 0 heterocycles. The fourth-order valence-corrected chi connectivity index (χ4v) is 3.81. The molecule has 0 N–H and O–H groups in total. The zero-order chi connectivity index (χ0) is 17.5. The highest BCUT2D eigenvalue weighted by Crippen LogP contribution is 2.49. The van der Waals surface area contributed by atoms with Gasteiger partial charge in [0.15, 0.2) is 0 Å². The summed E-state index contributed by atoms with van der Waals surface area (Å²) in [5.41, 5.74) is 2.33. The maximum atomic E-state index is 9.99. The maximum absolute atomic E-state index is 9.99. The first-order valence-electron chi connectivity index (χ1n) is 9.44. The van der Waals surface area contributed by atoms with E-state index in [1.807, 2.05) is 6.07 Å². The van der Waals surface area contributed by atoms with Crippen LogP contribution in [0.25, 0.3) is 0 Å². The molecule has 0 saturated heterocycles. The molecule has 1 unspecified atom stereocenters. The lowest BCUT2D eigenvalue weighted by molar-refractivity contribution is 0.308. The van der Waals surface area contributed by atoms with Gasteiger partial charge in [-0.2, -0.15) is 5.26 Å². The highest BCUT2D eigenvalue weighted by molar-refractivity contribution is 5.35. The van der Waals surface area contributed by atoms with Gasteiger partial charge in [-0.05, 0) is 62.7 Å². The zero-order valence-corrected chi connectivity index (χ0v) is 15.2. The molecule has 0 aromatic heterocycles. The van der Waals surface area contributed by atoms with Crippen molar-refractivity contribution < 1.29 is 0 Å². The molecular weight excluding hydrogens is 304 g/mol. The van der Waals surface area contributed by atoms with Gasteiger partial charge in [-0.3, -0.25) is 0 Å². The van der Waals surface area contributed by atoms with Crippen LogP contribution in [0.1, 0.15) is 36.8 Å². The fraction of sp³-hybridized carbons (Fsp3) is 0.435. The van der Waals surface area contributed by atoms with Crippen LogP contribution < -0.4 is 0 Å². The summed E-state index contributed by atoms with van der Waals surface area (Å²) in [4.78, 5) is 2.40. The van der Waals surface area contributed by atoms with Gasteiger partial charge >= 0.3 is 0 Å². The molecule has 0 amide bonds. The maximum Gasteiger partial charge on any atom is 0.0850 e. The standard InChI is InChI=1S/C23H28N2/c1-25(18-15-20-9-4-2-5-10-20)17-8-16-23(19-24,22-13-14-22)21-11-6-3-7-12-21/h2-7,9-12,22H,8,13-18H2,1H3. The van der Waals surface area contributed by atoms with Gasteiger partial charge in [0.2, 0.25) is 0 Å². The van der Waals surface area contributed by atoms with Crippen molar-refractivity contribution in [3.8, 4) is 6.07 Å². The molecule has 1 fully saturated rings. The minimum absolute atomic E-state index is 0.276. The topological polar surface area (TPSA) is 27.0 Å². The van der Waals surface area contributed by atoms with Crippen LogP contribution in [0.2, 0.25) is 0 Å². The predicted molar refractivity (Wildman–Crippen MR) is 103 cm³/mol. The van der Waals surface area contributed by atoms with E-state index >= 15 is 0 Å². The summed E-state index contributed by atoms with van der Waals surface area (Å²) in [6.45, 7) is 2.12. The molecule has 1 aliphatic carbocycles. The van der Waals surface area contributed by atoms with E-state index in [0.717, 1.165) is 32.4 Å². The first-order valence-corrected chi connectivity index (χ1v) is 9.44. The van der Waals surface area contributed by atoms with E-state index in [2.05, 4.69) is 72.6 Å². The lowest BCUT2D eigenvalue weighted by Gasteiger charge is -2.28. The SMILES string of the molecule is CN(CCCC(C#N)(c1ccccc1)C1CC1)CCc1ccccc1. The van der Waals surface area contributed by atoms with Crippen LogP contribution in [-0.4, -0.2) is 25.0 Å². The van der Waals surface area contributed by atoms with Gasteiger partial charge in [-0.15, -0.1) is 0 Å². The second-order valence-corrected chi connectivity index (χ2v) is 7.37. The van der Waals surface area contributed by atoms with Crippen LogP contribution in [0, 0.1) is 17.2 Å². The summed E-state index contributed by atoms with van der Waals surface area (Å²) < 4.78 is 0. The number of hydrogen-bond acceptors (Lipinski definition) is 2.